The molecule has 0 aliphatic heterocycles. The van der Waals surface area contributed by atoms with Crippen molar-refractivity contribution >= 4 is 10.0 Å². The summed E-state index contributed by atoms with van der Waals surface area (Å²) in [5.74, 6) is 0.226. The Balaban J connectivity index is 2.76. The Hall–Kier alpha value is -1.53. The Kier molecular flexibility index (Phi) is 3.33. The van der Waals surface area contributed by atoms with E-state index in [0.29, 0.717) is 0 Å². The second-order valence-corrected chi connectivity index (χ2v) is 4.96. The Morgan fingerprint density at radius 1 is 1.53 bits per heavy atom. The van der Waals surface area contributed by atoms with Crippen molar-refractivity contribution in [2.24, 2.45) is 0 Å². The van der Waals surface area contributed by atoms with E-state index in [2.05, 4.69) is 25.3 Å². The second kappa shape index (κ2) is 4.33. The molecule has 9 heteroatoms. The van der Waals surface area contributed by atoms with Gasteiger partial charge in [-0.15, -0.1) is 10.2 Å². The molecule has 0 aliphatic carbocycles. The summed E-state index contributed by atoms with van der Waals surface area (Å²) in [4.78, 5) is 0. The maximum absolute atomic E-state index is 11.4. The highest BCUT2D eigenvalue weighted by molar-refractivity contribution is 7.90. The molecule has 82 valence electrons. The zero-order chi connectivity index (χ0) is 11.5. The minimum absolute atomic E-state index is 0.226. The van der Waals surface area contributed by atoms with Crippen molar-refractivity contribution < 1.29 is 8.42 Å². The van der Waals surface area contributed by atoms with Crippen molar-refractivity contribution in [1.82, 2.24) is 25.3 Å². The molecule has 0 aliphatic rings. The minimum atomic E-state index is -3.67. The van der Waals surface area contributed by atoms with Crippen molar-refractivity contribution in [3.63, 3.8) is 0 Å². The molecule has 0 bridgehead atoms. The molecule has 0 amide bonds. The van der Waals surface area contributed by atoms with Crippen LogP contribution in [0.25, 0.3) is 0 Å². The first-order chi connectivity index (χ1) is 6.97. The van der Waals surface area contributed by atoms with Crippen LogP contribution in [0.1, 0.15) is 25.7 Å². The summed E-state index contributed by atoms with van der Waals surface area (Å²) in [6.07, 6.45) is 0. The van der Waals surface area contributed by atoms with E-state index >= 15 is 0 Å². The SMILES string of the molecule is CC(NS(=O)(=O)C(C)C#N)c1nn[nH]n1. The zero-order valence-electron chi connectivity index (χ0n) is 8.17. The summed E-state index contributed by atoms with van der Waals surface area (Å²) >= 11 is 0. The molecule has 0 fully saturated rings. The van der Waals surface area contributed by atoms with Crippen molar-refractivity contribution in [2.45, 2.75) is 25.1 Å². The minimum Gasteiger partial charge on any atom is -0.211 e. The topological polar surface area (TPSA) is 124 Å². The molecular weight excluding hydrogens is 220 g/mol. The van der Waals surface area contributed by atoms with Gasteiger partial charge in [0.2, 0.25) is 10.0 Å². The van der Waals surface area contributed by atoms with Crippen LogP contribution in [0.5, 0.6) is 0 Å². The van der Waals surface area contributed by atoms with Crippen LogP contribution in [0, 0.1) is 11.3 Å². The van der Waals surface area contributed by atoms with Gasteiger partial charge < -0.3 is 0 Å². The van der Waals surface area contributed by atoms with Crippen LogP contribution in [-0.2, 0) is 10.0 Å². The molecule has 15 heavy (non-hydrogen) atoms. The number of nitrogens with one attached hydrogen (secondary N) is 2. The highest BCUT2D eigenvalue weighted by Crippen LogP contribution is 2.08. The molecule has 8 nitrogen and oxygen atoms in total. The Labute approximate surface area is 86.7 Å². The third kappa shape index (κ3) is 2.71. The molecule has 0 aromatic carbocycles. The van der Waals surface area contributed by atoms with Crippen LogP contribution in [0.15, 0.2) is 0 Å². The van der Waals surface area contributed by atoms with E-state index < -0.39 is 21.3 Å². The maximum Gasteiger partial charge on any atom is 0.228 e. The fourth-order valence-electron chi connectivity index (χ4n) is 0.824. The van der Waals surface area contributed by atoms with Gasteiger partial charge in [-0.1, -0.05) is 5.21 Å². The van der Waals surface area contributed by atoms with Crippen LogP contribution in [-0.4, -0.2) is 34.3 Å². The van der Waals surface area contributed by atoms with Crippen molar-refractivity contribution in [3.8, 4) is 6.07 Å². The first kappa shape index (κ1) is 11.5. The van der Waals surface area contributed by atoms with Gasteiger partial charge in [-0.05, 0) is 13.8 Å². The van der Waals surface area contributed by atoms with E-state index in [9.17, 15) is 8.42 Å². The Bertz CT molecular complexity index is 446. The summed E-state index contributed by atoms with van der Waals surface area (Å²) in [6, 6.07) is 1.02. The molecular formula is C6H10N6O2S. The predicted octanol–water partition coefficient (Wildman–Crippen LogP) is -0.908. The largest absolute Gasteiger partial charge is 0.228 e. The van der Waals surface area contributed by atoms with Gasteiger partial charge in [0, 0.05) is 0 Å². The van der Waals surface area contributed by atoms with E-state index in [1.54, 1.807) is 13.0 Å². The van der Waals surface area contributed by atoms with Crippen LogP contribution >= 0.6 is 0 Å². The molecule has 1 aromatic heterocycles. The lowest BCUT2D eigenvalue weighted by Gasteiger charge is -2.11. The summed E-state index contributed by atoms with van der Waals surface area (Å²) in [6.45, 7) is 2.86. The van der Waals surface area contributed by atoms with Gasteiger partial charge in [0.25, 0.3) is 0 Å². The quantitative estimate of drug-likeness (QED) is 0.690. The number of nitrogens with zero attached hydrogens (tertiary/aromatic N) is 4. The third-order valence-corrected chi connectivity index (χ3v) is 3.46. The highest BCUT2D eigenvalue weighted by Gasteiger charge is 2.24. The normalized spacial score (nSPS) is 15.5. The van der Waals surface area contributed by atoms with E-state index in [4.69, 9.17) is 5.26 Å². The van der Waals surface area contributed by atoms with Crippen molar-refractivity contribution in [3.05, 3.63) is 5.82 Å². The van der Waals surface area contributed by atoms with E-state index in [0.717, 1.165) is 0 Å². The van der Waals surface area contributed by atoms with E-state index in [-0.39, 0.29) is 5.82 Å². The summed E-state index contributed by atoms with van der Waals surface area (Å²) in [7, 11) is -3.67. The van der Waals surface area contributed by atoms with Crippen LogP contribution in [0.2, 0.25) is 0 Å². The van der Waals surface area contributed by atoms with E-state index in [1.807, 2.05) is 0 Å². The fraction of sp³-hybridized carbons (Fsp3) is 0.667. The predicted molar refractivity (Wildman–Crippen MR) is 49.7 cm³/mol. The summed E-state index contributed by atoms with van der Waals surface area (Å²) in [5, 5.41) is 20.1. The molecule has 1 heterocycles. The summed E-state index contributed by atoms with van der Waals surface area (Å²) < 4.78 is 25.2. The Morgan fingerprint density at radius 2 is 2.20 bits per heavy atom. The van der Waals surface area contributed by atoms with Gasteiger partial charge in [0.05, 0.1) is 12.1 Å². The number of aromatic nitrogens is 4. The number of rotatable bonds is 4. The lowest BCUT2D eigenvalue weighted by molar-refractivity contribution is 0.556. The molecule has 2 unspecified atom stereocenters. The molecule has 0 saturated carbocycles. The van der Waals surface area contributed by atoms with Crippen LogP contribution in [0.4, 0.5) is 0 Å². The zero-order valence-corrected chi connectivity index (χ0v) is 8.98. The number of hydrogen-bond acceptors (Lipinski definition) is 6. The monoisotopic (exact) mass is 230 g/mol. The highest BCUT2D eigenvalue weighted by atomic mass is 32.2. The number of aromatic amines is 1. The van der Waals surface area contributed by atoms with Crippen molar-refractivity contribution in [1.29, 1.82) is 5.26 Å². The van der Waals surface area contributed by atoms with Gasteiger partial charge in [-0.25, -0.2) is 13.1 Å². The average Bonchev–Trinajstić information content (AvgIpc) is 2.68. The number of tetrazole rings is 1. The number of H-pyrrole nitrogens is 1. The second-order valence-electron chi connectivity index (χ2n) is 2.93. The van der Waals surface area contributed by atoms with Gasteiger partial charge in [0.1, 0.15) is 0 Å². The van der Waals surface area contributed by atoms with Crippen molar-refractivity contribution in [2.75, 3.05) is 0 Å². The average molecular weight is 230 g/mol. The van der Waals surface area contributed by atoms with Gasteiger partial charge in [-0.2, -0.15) is 10.5 Å². The Morgan fingerprint density at radius 3 is 2.67 bits per heavy atom. The lowest BCUT2D eigenvalue weighted by atomic mass is 10.4. The number of sulfonamides is 1. The van der Waals surface area contributed by atoms with Gasteiger partial charge in [0.15, 0.2) is 11.1 Å². The first-order valence-corrected chi connectivity index (χ1v) is 5.66. The van der Waals surface area contributed by atoms with Crippen LogP contribution < -0.4 is 4.72 Å². The molecule has 1 rings (SSSR count). The molecule has 0 radical (unpaired) electrons. The molecule has 2 N–H and O–H groups in total. The van der Waals surface area contributed by atoms with Gasteiger partial charge >= 0.3 is 0 Å². The first-order valence-electron chi connectivity index (χ1n) is 4.11. The molecule has 2 atom stereocenters. The number of nitriles is 1. The van der Waals surface area contributed by atoms with E-state index in [1.165, 1.54) is 6.92 Å². The number of hydrogen-bond donors (Lipinski definition) is 2. The third-order valence-electron chi connectivity index (χ3n) is 1.74. The molecule has 0 saturated heterocycles. The fourth-order valence-corrected chi connectivity index (χ4v) is 1.76. The summed E-state index contributed by atoms with van der Waals surface area (Å²) in [5.41, 5.74) is 0. The maximum atomic E-state index is 11.4. The standard InChI is InChI=1S/C6H10N6O2S/c1-4(3-7)15(13,14)10-5(2)6-8-11-12-9-6/h4-5,10H,1-2H3,(H,8,9,11,12). The van der Waals surface area contributed by atoms with Gasteiger partial charge in [-0.3, -0.25) is 0 Å². The van der Waals surface area contributed by atoms with Crippen LogP contribution in [0.3, 0.4) is 0 Å². The molecule has 0 spiro atoms. The molecule has 1 aromatic rings. The smallest absolute Gasteiger partial charge is 0.211 e. The lowest BCUT2D eigenvalue weighted by Crippen LogP contribution is -2.34.